The number of benzene rings is 1. The molecule has 4 rings (SSSR count). The number of aromatic nitrogens is 4. The highest BCUT2D eigenvalue weighted by atomic mass is 35.5. The van der Waals surface area contributed by atoms with E-state index in [0.29, 0.717) is 6.04 Å². The van der Waals surface area contributed by atoms with Gasteiger partial charge in [0.15, 0.2) is 5.65 Å². The van der Waals surface area contributed by atoms with Crippen LogP contribution in [0, 0.1) is 6.92 Å². The van der Waals surface area contributed by atoms with E-state index >= 15 is 0 Å². The minimum absolute atomic E-state index is 0.324. The van der Waals surface area contributed by atoms with Crippen molar-refractivity contribution in [2.45, 2.75) is 25.8 Å². The van der Waals surface area contributed by atoms with Gasteiger partial charge in [-0.1, -0.05) is 23.7 Å². The van der Waals surface area contributed by atoms with Crippen molar-refractivity contribution in [2.24, 2.45) is 7.05 Å². The fourth-order valence-corrected chi connectivity index (χ4v) is 3.51. The van der Waals surface area contributed by atoms with E-state index in [1.807, 2.05) is 32.3 Å². The zero-order valence-electron chi connectivity index (χ0n) is 13.2. The Labute approximate surface area is 139 Å². The van der Waals surface area contributed by atoms with E-state index in [2.05, 4.69) is 27.1 Å². The van der Waals surface area contributed by atoms with Crippen LogP contribution in [0.5, 0.6) is 0 Å². The Balaban J connectivity index is 1.81. The second-order valence-electron chi connectivity index (χ2n) is 6.00. The van der Waals surface area contributed by atoms with Crippen molar-refractivity contribution in [1.82, 2.24) is 19.7 Å². The molecule has 0 spiro atoms. The molecule has 23 heavy (non-hydrogen) atoms. The zero-order chi connectivity index (χ0) is 16.0. The fourth-order valence-electron chi connectivity index (χ4n) is 3.38. The molecule has 0 N–H and O–H groups in total. The van der Waals surface area contributed by atoms with Gasteiger partial charge in [-0.2, -0.15) is 5.10 Å². The minimum Gasteiger partial charge on any atom is -0.349 e. The molecule has 1 saturated heterocycles. The lowest BCUT2D eigenvalue weighted by Crippen LogP contribution is -2.24. The smallest absolute Gasteiger partial charge is 0.163 e. The van der Waals surface area contributed by atoms with Gasteiger partial charge in [-0.3, -0.25) is 4.68 Å². The molecule has 1 unspecified atom stereocenters. The standard InChI is InChI=1S/C17H18ClN5/c1-11-20-16-14(10-19-22(16)2)17(21-11)23-9-3-4-15(23)12-5-7-13(18)8-6-12/h5-8,10,15H,3-4,9H2,1-2H3. The fraction of sp³-hybridized carbons (Fsp3) is 0.353. The number of rotatable bonds is 2. The van der Waals surface area contributed by atoms with E-state index in [0.717, 1.165) is 47.1 Å². The number of halogens is 1. The summed E-state index contributed by atoms with van der Waals surface area (Å²) in [6, 6.07) is 8.46. The molecule has 1 atom stereocenters. The summed E-state index contributed by atoms with van der Waals surface area (Å²) in [7, 11) is 1.92. The Kier molecular flexibility index (Phi) is 3.45. The largest absolute Gasteiger partial charge is 0.349 e. The molecule has 0 radical (unpaired) electrons. The number of aryl methyl sites for hydroxylation is 2. The van der Waals surface area contributed by atoms with Crippen molar-refractivity contribution >= 4 is 28.5 Å². The minimum atomic E-state index is 0.324. The van der Waals surface area contributed by atoms with E-state index in [9.17, 15) is 0 Å². The van der Waals surface area contributed by atoms with Crippen molar-refractivity contribution in [3.8, 4) is 0 Å². The molecule has 3 aromatic rings. The average Bonchev–Trinajstić information content (AvgIpc) is 3.15. The molecule has 0 saturated carbocycles. The van der Waals surface area contributed by atoms with Gasteiger partial charge in [0, 0.05) is 18.6 Å². The highest BCUT2D eigenvalue weighted by molar-refractivity contribution is 6.30. The van der Waals surface area contributed by atoms with Crippen LogP contribution in [-0.2, 0) is 7.05 Å². The Morgan fingerprint density at radius 2 is 1.96 bits per heavy atom. The van der Waals surface area contributed by atoms with Crippen LogP contribution in [0.1, 0.15) is 30.3 Å². The molecule has 0 bridgehead atoms. The quantitative estimate of drug-likeness (QED) is 0.720. The Morgan fingerprint density at radius 1 is 1.17 bits per heavy atom. The first-order valence-corrected chi connectivity index (χ1v) is 8.20. The number of nitrogens with zero attached hydrogens (tertiary/aromatic N) is 5. The van der Waals surface area contributed by atoms with E-state index in [1.165, 1.54) is 5.56 Å². The van der Waals surface area contributed by atoms with Gasteiger partial charge in [-0.25, -0.2) is 9.97 Å². The third-order valence-corrected chi connectivity index (χ3v) is 4.72. The van der Waals surface area contributed by atoms with Gasteiger partial charge in [0.25, 0.3) is 0 Å². The molecule has 3 heterocycles. The van der Waals surface area contributed by atoms with Crippen LogP contribution >= 0.6 is 11.6 Å². The number of anilines is 1. The zero-order valence-corrected chi connectivity index (χ0v) is 14.0. The Hall–Kier alpha value is -2.14. The van der Waals surface area contributed by atoms with Gasteiger partial charge in [0.05, 0.1) is 17.6 Å². The van der Waals surface area contributed by atoms with Crippen LogP contribution < -0.4 is 4.90 Å². The van der Waals surface area contributed by atoms with Crippen molar-refractivity contribution in [1.29, 1.82) is 0 Å². The lowest BCUT2D eigenvalue weighted by molar-refractivity contribution is 0.711. The average molecular weight is 328 g/mol. The van der Waals surface area contributed by atoms with Gasteiger partial charge < -0.3 is 4.90 Å². The molecule has 6 heteroatoms. The van der Waals surface area contributed by atoms with Gasteiger partial charge in [0.1, 0.15) is 11.6 Å². The molecule has 1 aliphatic heterocycles. The van der Waals surface area contributed by atoms with Gasteiger partial charge in [0.2, 0.25) is 0 Å². The summed E-state index contributed by atoms with van der Waals surface area (Å²) >= 11 is 6.03. The molecule has 1 aliphatic rings. The summed E-state index contributed by atoms with van der Waals surface area (Å²) in [6.07, 6.45) is 4.13. The molecule has 1 aromatic carbocycles. The molecule has 5 nitrogen and oxygen atoms in total. The third kappa shape index (κ3) is 2.45. The van der Waals surface area contributed by atoms with Gasteiger partial charge in [-0.15, -0.1) is 0 Å². The summed E-state index contributed by atoms with van der Waals surface area (Å²) in [4.78, 5) is 11.6. The van der Waals surface area contributed by atoms with E-state index < -0.39 is 0 Å². The molecule has 2 aromatic heterocycles. The normalized spacial score (nSPS) is 18.0. The first-order chi connectivity index (χ1) is 11.1. The van der Waals surface area contributed by atoms with Crippen LogP contribution in [0.25, 0.3) is 11.0 Å². The Bertz CT molecular complexity index is 855. The van der Waals surface area contributed by atoms with Crippen LogP contribution in [0.2, 0.25) is 5.02 Å². The predicted molar refractivity (Wildman–Crippen MR) is 91.8 cm³/mol. The second kappa shape index (κ2) is 5.49. The summed E-state index contributed by atoms with van der Waals surface area (Å²) < 4.78 is 1.81. The van der Waals surface area contributed by atoms with E-state index in [1.54, 1.807) is 4.68 Å². The number of hydrogen-bond donors (Lipinski definition) is 0. The maximum atomic E-state index is 6.03. The topological polar surface area (TPSA) is 46.8 Å². The third-order valence-electron chi connectivity index (χ3n) is 4.46. The summed E-state index contributed by atoms with van der Waals surface area (Å²) in [6.45, 7) is 2.93. The molecule has 118 valence electrons. The number of fused-ring (bicyclic) bond motifs is 1. The monoisotopic (exact) mass is 327 g/mol. The first-order valence-electron chi connectivity index (χ1n) is 7.82. The van der Waals surface area contributed by atoms with Crippen LogP contribution in [-0.4, -0.2) is 26.3 Å². The summed E-state index contributed by atoms with van der Waals surface area (Å²) in [5.74, 6) is 1.76. The van der Waals surface area contributed by atoms with Crippen LogP contribution in [0.4, 0.5) is 5.82 Å². The Morgan fingerprint density at radius 3 is 2.74 bits per heavy atom. The maximum absolute atomic E-state index is 6.03. The predicted octanol–water partition coefficient (Wildman–Crippen LogP) is 3.67. The highest BCUT2D eigenvalue weighted by Gasteiger charge is 2.29. The molecular weight excluding hydrogens is 310 g/mol. The van der Waals surface area contributed by atoms with Gasteiger partial charge >= 0.3 is 0 Å². The van der Waals surface area contributed by atoms with Crippen molar-refractivity contribution < 1.29 is 0 Å². The van der Waals surface area contributed by atoms with Gasteiger partial charge in [-0.05, 0) is 37.5 Å². The summed E-state index contributed by atoms with van der Waals surface area (Å²) in [5, 5.41) is 6.13. The van der Waals surface area contributed by atoms with Crippen LogP contribution in [0.15, 0.2) is 30.5 Å². The second-order valence-corrected chi connectivity index (χ2v) is 6.44. The van der Waals surface area contributed by atoms with E-state index in [-0.39, 0.29) is 0 Å². The van der Waals surface area contributed by atoms with Crippen molar-refractivity contribution in [2.75, 3.05) is 11.4 Å². The first kappa shape index (κ1) is 14.5. The van der Waals surface area contributed by atoms with Crippen molar-refractivity contribution in [3.05, 3.63) is 46.9 Å². The summed E-state index contributed by atoms with van der Waals surface area (Å²) in [5.41, 5.74) is 2.16. The molecule has 0 amide bonds. The molecule has 1 fully saturated rings. The maximum Gasteiger partial charge on any atom is 0.163 e. The number of hydrogen-bond acceptors (Lipinski definition) is 4. The van der Waals surface area contributed by atoms with Crippen LogP contribution in [0.3, 0.4) is 0 Å². The van der Waals surface area contributed by atoms with E-state index in [4.69, 9.17) is 16.6 Å². The molecule has 0 aliphatic carbocycles. The SMILES string of the molecule is Cc1nc(N2CCCC2c2ccc(Cl)cc2)c2cnn(C)c2n1. The lowest BCUT2D eigenvalue weighted by Gasteiger charge is -2.26. The highest BCUT2D eigenvalue weighted by Crippen LogP contribution is 2.38. The molecular formula is C17H18ClN5. The van der Waals surface area contributed by atoms with Crippen molar-refractivity contribution in [3.63, 3.8) is 0 Å². The lowest BCUT2D eigenvalue weighted by atomic mass is 10.0.